The molecule has 0 N–H and O–H groups in total. The molecule has 1 heteroatoms. The predicted octanol–water partition coefficient (Wildman–Crippen LogP) is 2.93. The second kappa shape index (κ2) is 6.47. The molecule has 0 aliphatic heterocycles. The van der Waals surface area contributed by atoms with Crippen LogP contribution in [0.2, 0.25) is 0 Å². The molecule has 0 unspecified atom stereocenters. The third-order valence-corrected chi connectivity index (χ3v) is 1.22. The second-order valence-corrected chi connectivity index (χ2v) is 2.08. The molecule has 0 aliphatic carbocycles. The van der Waals surface area contributed by atoms with Crippen LogP contribution in [0.5, 0.6) is 0 Å². The predicted molar refractivity (Wildman–Crippen MR) is 41.4 cm³/mol. The van der Waals surface area contributed by atoms with Gasteiger partial charge in [-0.1, -0.05) is 25.8 Å². The van der Waals surface area contributed by atoms with E-state index in [4.69, 9.17) is 0 Å². The molecule has 41 valence electrons. The summed E-state index contributed by atoms with van der Waals surface area (Å²) in [6, 6.07) is 0. The van der Waals surface area contributed by atoms with Crippen LogP contribution in [0, 0.1) is 4.08 Å². The summed E-state index contributed by atoms with van der Waals surface area (Å²) in [5.41, 5.74) is 0. The van der Waals surface area contributed by atoms with Crippen molar-refractivity contribution in [1.82, 2.24) is 0 Å². The van der Waals surface area contributed by atoms with E-state index in [-0.39, 0.29) is 0 Å². The molecule has 0 spiro atoms. The fourth-order valence-corrected chi connectivity index (χ4v) is 0.672. The van der Waals surface area contributed by atoms with Crippen molar-refractivity contribution >= 4 is 22.6 Å². The average Bonchev–Trinajstić information content (AvgIpc) is 1.69. The Kier molecular flexibility index (Phi) is 6.90. The summed E-state index contributed by atoms with van der Waals surface area (Å²) in [5, 5.41) is 0. The van der Waals surface area contributed by atoms with Gasteiger partial charge in [-0.15, -0.1) is 0 Å². The molecule has 1 radical (unpaired) electrons. The van der Waals surface area contributed by atoms with Crippen molar-refractivity contribution in [3.63, 3.8) is 0 Å². The van der Waals surface area contributed by atoms with Gasteiger partial charge in [0.15, 0.2) is 0 Å². The van der Waals surface area contributed by atoms with Crippen LogP contribution in [0.4, 0.5) is 0 Å². The van der Waals surface area contributed by atoms with Gasteiger partial charge >= 0.3 is 0 Å². The minimum atomic E-state index is 1.19. The average molecular weight is 209 g/mol. The van der Waals surface area contributed by atoms with Gasteiger partial charge in [0.25, 0.3) is 0 Å². The van der Waals surface area contributed by atoms with E-state index in [1.165, 1.54) is 19.3 Å². The van der Waals surface area contributed by atoms with Crippen LogP contribution in [-0.2, 0) is 0 Å². The van der Waals surface area contributed by atoms with Crippen LogP contribution in [-0.4, -0.2) is 0 Å². The standard InChI is InChI=1S/C6H10I/c1-2-3-4-5-6-7/h5H,2-4H2,1H3. The van der Waals surface area contributed by atoms with Crippen molar-refractivity contribution < 1.29 is 0 Å². The van der Waals surface area contributed by atoms with Gasteiger partial charge in [0.05, 0.1) is 0 Å². The zero-order chi connectivity index (χ0) is 5.54. The Morgan fingerprint density at radius 2 is 2.43 bits per heavy atom. The van der Waals surface area contributed by atoms with Crippen LogP contribution in [0.1, 0.15) is 26.2 Å². The first-order valence-electron chi connectivity index (χ1n) is 2.59. The van der Waals surface area contributed by atoms with E-state index in [1.807, 2.05) is 0 Å². The lowest BCUT2D eigenvalue weighted by Crippen LogP contribution is -1.63. The minimum Gasteiger partial charge on any atom is -0.0701 e. The highest BCUT2D eigenvalue weighted by molar-refractivity contribution is 14.1. The van der Waals surface area contributed by atoms with Gasteiger partial charge in [-0.2, -0.15) is 0 Å². The molecule has 0 heterocycles. The normalized spacial score (nSPS) is 10.6. The SMILES string of the molecule is CCCCC=[C]I. The van der Waals surface area contributed by atoms with Gasteiger partial charge in [-0.3, -0.25) is 0 Å². The highest BCUT2D eigenvalue weighted by Crippen LogP contribution is 1.95. The molecule has 0 bridgehead atoms. The summed E-state index contributed by atoms with van der Waals surface area (Å²) in [5.74, 6) is 0. The lowest BCUT2D eigenvalue weighted by Gasteiger charge is -1.82. The monoisotopic (exact) mass is 209 g/mol. The quantitative estimate of drug-likeness (QED) is 0.495. The Hall–Kier alpha value is 0.470. The Labute approximate surface area is 59.1 Å². The van der Waals surface area contributed by atoms with Gasteiger partial charge in [0.1, 0.15) is 0 Å². The number of hydrogen-bond donors (Lipinski definition) is 0. The first-order valence-corrected chi connectivity index (χ1v) is 3.67. The fraction of sp³-hybridized carbons (Fsp3) is 0.667. The molecule has 0 fully saturated rings. The smallest absolute Gasteiger partial charge is 0.0220 e. The maximum atomic E-state index is 2.95. The Balaban J connectivity index is 2.69. The number of hydrogen-bond acceptors (Lipinski definition) is 0. The number of rotatable bonds is 3. The fourth-order valence-electron chi connectivity index (χ4n) is 0.361. The van der Waals surface area contributed by atoms with Crippen molar-refractivity contribution in [1.29, 1.82) is 0 Å². The van der Waals surface area contributed by atoms with Crippen molar-refractivity contribution in [2.24, 2.45) is 0 Å². The summed E-state index contributed by atoms with van der Waals surface area (Å²) in [6.45, 7) is 2.20. The summed E-state index contributed by atoms with van der Waals surface area (Å²) < 4.78 is 2.95. The molecule has 0 nitrogen and oxygen atoms in total. The first kappa shape index (κ1) is 7.47. The lowest BCUT2D eigenvalue weighted by molar-refractivity contribution is 0.815. The van der Waals surface area contributed by atoms with Gasteiger partial charge in [0.2, 0.25) is 0 Å². The molecule has 0 aromatic rings. The van der Waals surface area contributed by atoms with E-state index in [9.17, 15) is 0 Å². The molecule has 0 aromatic heterocycles. The zero-order valence-electron chi connectivity index (χ0n) is 4.58. The molecule has 0 atom stereocenters. The van der Waals surface area contributed by atoms with Crippen LogP contribution >= 0.6 is 22.6 Å². The third kappa shape index (κ3) is 6.47. The van der Waals surface area contributed by atoms with E-state index in [2.05, 4.69) is 39.7 Å². The highest BCUT2D eigenvalue weighted by Gasteiger charge is 1.73. The second-order valence-electron chi connectivity index (χ2n) is 1.46. The molecule has 0 saturated heterocycles. The van der Waals surface area contributed by atoms with Crippen molar-refractivity contribution in [3.8, 4) is 0 Å². The highest BCUT2D eigenvalue weighted by atomic mass is 127. The third-order valence-electron chi connectivity index (χ3n) is 0.779. The van der Waals surface area contributed by atoms with Crippen molar-refractivity contribution in [2.45, 2.75) is 26.2 Å². The summed E-state index contributed by atoms with van der Waals surface area (Å²) in [4.78, 5) is 0. The van der Waals surface area contributed by atoms with Crippen LogP contribution in [0.15, 0.2) is 6.08 Å². The number of allylic oxidation sites excluding steroid dienone is 1. The first-order chi connectivity index (χ1) is 3.41. The van der Waals surface area contributed by atoms with E-state index >= 15 is 0 Å². The van der Waals surface area contributed by atoms with Crippen molar-refractivity contribution in [3.05, 3.63) is 10.2 Å². The topological polar surface area (TPSA) is 0 Å². The van der Waals surface area contributed by atoms with Crippen LogP contribution in [0.25, 0.3) is 0 Å². The Morgan fingerprint density at radius 3 is 2.86 bits per heavy atom. The Morgan fingerprint density at radius 1 is 1.71 bits per heavy atom. The molecule has 0 aliphatic rings. The maximum Gasteiger partial charge on any atom is 0.0220 e. The van der Waals surface area contributed by atoms with E-state index in [0.717, 1.165) is 0 Å². The largest absolute Gasteiger partial charge is 0.0701 e. The Bertz CT molecular complexity index is 48.1. The van der Waals surface area contributed by atoms with Crippen LogP contribution in [0.3, 0.4) is 0 Å². The molecule has 7 heavy (non-hydrogen) atoms. The summed E-state index contributed by atoms with van der Waals surface area (Å²) in [7, 11) is 0. The number of halogens is 1. The number of unbranched alkanes of at least 4 members (excludes halogenated alkanes) is 2. The molecule has 0 aromatic carbocycles. The zero-order valence-corrected chi connectivity index (χ0v) is 6.73. The summed E-state index contributed by atoms with van der Waals surface area (Å²) in [6.07, 6.45) is 5.86. The minimum absolute atomic E-state index is 1.19. The maximum absolute atomic E-state index is 2.95. The molecule has 0 rings (SSSR count). The van der Waals surface area contributed by atoms with Gasteiger partial charge in [-0.25, -0.2) is 0 Å². The molecule has 0 amide bonds. The molecule has 0 saturated carbocycles. The van der Waals surface area contributed by atoms with Gasteiger partial charge in [-0.05, 0) is 29.0 Å². The van der Waals surface area contributed by atoms with Crippen molar-refractivity contribution in [2.75, 3.05) is 0 Å². The molecular weight excluding hydrogens is 199 g/mol. The van der Waals surface area contributed by atoms with E-state index in [0.29, 0.717) is 0 Å². The van der Waals surface area contributed by atoms with Gasteiger partial charge < -0.3 is 0 Å². The van der Waals surface area contributed by atoms with Crippen LogP contribution < -0.4 is 0 Å². The lowest BCUT2D eigenvalue weighted by atomic mass is 10.3. The molecular formula is C6H10I. The van der Waals surface area contributed by atoms with Gasteiger partial charge in [0, 0.05) is 4.08 Å². The van der Waals surface area contributed by atoms with E-state index < -0.39 is 0 Å². The summed E-state index contributed by atoms with van der Waals surface area (Å²) >= 11 is 2.12. The van der Waals surface area contributed by atoms with E-state index in [1.54, 1.807) is 0 Å².